The van der Waals surface area contributed by atoms with Crippen LogP contribution in [0.15, 0.2) is 16.9 Å². The van der Waals surface area contributed by atoms with Crippen molar-refractivity contribution >= 4 is 11.7 Å². The van der Waals surface area contributed by atoms with Crippen molar-refractivity contribution in [1.82, 2.24) is 20.0 Å². The summed E-state index contributed by atoms with van der Waals surface area (Å²) in [7, 11) is 0. The predicted molar refractivity (Wildman–Crippen MR) is 95.1 cm³/mol. The van der Waals surface area contributed by atoms with Crippen LogP contribution in [-0.2, 0) is 0 Å². The quantitative estimate of drug-likeness (QED) is 0.842. The number of likely N-dealkylation sites (tertiary alicyclic amines) is 1. The molecule has 3 fully saturated rings. The van der Waals surface area contributed by atoms with E-state index >= 15 is 0 Å². The van der Waals surface area contributed by atoms with E-state index in [1.54, 1.807) is 6.33 Å². The molecule has 4 heterocycles. The lowest BCUT2D eigenvalue weighted by molar-refractivity contribution is 0.0772. The maximum Gasteiger partial charge on any atom is 0.276 e. The third-order valence-electron chi connectivity index (χ3n) is 6.11. The minimum absolute atomic E-state index is 0.00987. The van der Waals surface area contributed by atoms with Gasteiger partial charge in [-0.25, -0.2) is 9.97 Å². The van der Waals surface area contributed by atoms with E-state index in [0.29, 0.717) is 23.4 Å². The van der Waals surface area contributed by atoms with Crippen LogP contribution in [0.3, 0.4) is 0 Å². The van der Waals surface area contributed by atoms with Crippen LogP contribution in [0.4, 0.5) is 5.82 Å². The first kappa shape index (κ1) is 15.8. The van der Waals surface area contributed by atoms with Gasteiger partial charge in [-0.05, 0) is 26.7 Å². The number of anilines is 1. The molecule has 2 aliphatic heterocycles. The number of aromatic nitrogens is 3. The molecular weight excluding hydrogens is 330 g/mol. The lowest BCUT2D eigenvalue weighted by atomic mass is 10.0. The van der Waals surface area contributed by atoms with E-state index in [9.17, 15) is 4.79 Å². The summed E-state index contributed by atoms with van der Waals surface area (Å²) in [6, 6.07) is 1.84. The number of carbonyl (C=O) groups excluding carboxylic acids is 1. The van der Waals surface area contributed by atoms with Crippen LogP contribution in [-0.4, -0.2) is 52.1 Å². The number of nitrogens with zero attached hydrogens (tertiary/aromatic N) is 5. The number of carbonyl (C=O) groups is 1. The summed E-state index contributed by atoms with van der Waals surface area (Å²) < 4.78 is 5.34. The second kappa shape index (κ2) is 5.79. The highest BCUT2D eigenvalue weighted by molar-refractivity contribution is 5.92. The SMILES string of the molecule is Cc1ncnc(N2CC3CN(C(=O)c4cc(C5CC5)on4)CC3C2)c1C. The van der Waals surface area contributed by atoms with Gasteiger partial charge in [0.25, 0.3) is 5.91 Å². The van der Waals surface area contributed by atoms with Crippen molar-refractivity contribution in [3.8, 4) is 0 Å². The second-order valence-electron chi connectivity index (χ2n) is 7.93. The Morgan fingerprint density at radius 3 is 2.54 bits per heavy atom. The highest BCUT2D eigenvalue weighted by atomic mass is 16.5. The van der Waals surface area contributed by atoms with Crippen molar-refractivity contribution in [1.29, 1.82) is 0 Å². The van der Waals surface area contributed by atoms with Crippen LogP contribution in [0.1, 0.15) is 46.3 Å². The average Bonchev–Trinajstić information content (AvgIpc) is 3.05. The van der Waals surface area contributed by atoms with Gasteiger partial charge in [-0.1, -0.05) is 5.16 Å². The van der Waals surface area contributed by atoms with E-state index in [4.69, 9.17) is 4.52 Å². The Labute approximate surface area is 152 Å². The number of rotatable bonds is 3. The standard InChI is InChI=1S/C19H23N5O2/c1-11-12(2)20-10-21-18(11)23-6-14-8-24(9-15(14)7-23)19(25)16-5-17(26-22-16)13-3-4-13/h5,10,13-15H,3-4,6-9H2,1-2H3. The highest BCUT2D eigenvalue weighted by Crippen LogP contribution is 2.40. The summed E-state index contributed by atoms with van der Waals surface area (Å²) in [4.78, 5) is 25.8. The second-order valence-corrected chi connectivity index (χ2v) is 7.93. The molecule has 136 valence electrons. The van der Waals surface area contributed by atoms with Crippen molar-refractivity contribution < 1.29 is 9.32 Å². The fourth-order valence-electron chi connectivity index (χ4n) is 4.29. The zero-order valence-corrected chi connectivity index (χ0v) is 15.2. The van der Waals surface area contributed by atoms with E-state index in [0.717, 1.165) is 61.9 Å². The zero-order chi connectivity index (χ0) is 17.8. The normalized spacial score (nSPS) is 25.0. The molecule has 1 saturated carbocycles. The molecule has 26 heavy (non-hydrogen) atoms. The maximum absolute atomic E-state index is 12.8. The van der Waals surface area contributed by atoms with Crippen molar-refractivity contribution in [3.63, 3.8) is 0 Å². The Kier molecular flexibility index (Phi) is 3.52. The molecule has 2 saturated heterocycles. The molecular formula is C19H23N5O2. The number of aryl methyl sites for hydroxylation is 1. The maximum atomic E-state index is 12.8. The van der Waals surface area contributed by atoms with Crippen LogP contribution >= 0.6 is 0 Å². The minimum atomic E-state index is 0.00987. The third kappa shape index (κ3) is 2.57. The molecule has 0 bridgehead atoms. The van der Waals surface area contributed by atoms with Crippen LogP contribution in [0.5, 0.6) is 0 Å². The number of hydrogen-bond acceptors (Lipinski definition) is 6. The summed E-state index contributed by atoms with van der Waals surface area (Å²) in [6.45, 7) is 7.56. The first-order valence-electron chi connectivity index (χ1n) is 9.39. The number of fused-ring (bicyclic) bond motifs is 1. The van der Waals surface area contributed by atoms with Gasteiger partial charge in [0.15, 0.2) is 5.69 Å². The molecule has 2 aromatic rings. The molecule has 2 aromatic heterocycles. The van der Waals surface area contributed by atoms with E-state index < -0.39 is 0 Å². The first-order valence-corrected chi connectivity index (χ1v) is 9.39. The van der Waals surface area contributed by atoms with E-state index in [1.165, 1.54) is 0 Å². The van der Waals surface area contributed by atoms with Crippen LogP contribution in [0, 0.1) is 25.7 Å². The minimum Gasteiger partial charge on any atom is -0.360 e. The lowest BCUT2D eigenvalue weighted by Crippen LogP contribution is -2.34. The molecule has 1 amide bonds. The molecule has 3 aliphatic rings. The molecule has 1 aliphatic carbocycles. The third-order valence-corrected chi connectivity index (χ3v) is 6.11. The molecule has 0 radical (unpaired) electrons. The van der Waals surface area contributed by atoms with Crippen molar-refractivity contribution in [2.75, 3.05) is 31.1 Å². The molecule has 0 N–H and O–H groups in total. The topological polar surface area (TPSA) is 75.4 Å². The van der Waals surface area contributed by atoms with Crippen molar-refractivity contribution in [2.45, 2.75) is 32.6 Å². The van der Waals surface area contributed by atoms with Crippen molar-refractivity contribution in [2.24, 2.45) is 11.8 Å². The first-order chi connectivity index (χ1) is 12.6. The van der Waals surface area contributed by atoms with Gasteiger partial charge in [-0.15, -0.1) is 0 Å². The summed E-state index contributed by atoms with van der Waals surface area (Å²) in [5.41, 5.74) is 2.64. The summed E-state index contributed by atoms with van der Waals surface area (Å²) >= 11 is 0. The Bertz CT molecular complexity index is 845. The van der Waals surface area contributed by atoms with E-state index in [-0.39, 0.29) is 5.91 Å². The van der Waals surface area contributed by atoms with Crippen LogP contribution < -0.4 is 4.90 Å². The summed E-state index contributed by atoms with van der Waals surface area (Å²) in [6.07, 6.45) is 3.94. The average molecular weight is 353 g/mol. The van der Waals surface area contributed by atoms with Gasteiger partial charge in [0, 0.05) is 61.3 Å². The Morgan fingerprint density at radius 2 is 1.85 bits per heavy atom. The number of amides is 1. The number of hydrogen-bond donors (Lipinski definition) is 0. The smallest absolute Gasteiger partial charge is 0.276 e. The largest absolute Gasteiger partial charge is 0.360 e. The van der Waals surface area contributed by atoms with E-state index in [2.05, 4.69) is 26.9 Å². The van der Waals surface area contributed by atoms with Gasteiger partial charge >= 0.3 is 0 Å². The molecule has 2 unspecified atom stereocenters. The molecule has 0 spiro atoms. The Hall–Kier alpha value is -2.44. The summed E-state index contributed by atoms with van der Waals surface area (Å²) in [5.74, 6) is 3.38. The monoisotopic (exact) mass is 353 g/mol. The lowest BCUT2D eigenvalue weighted by Gasteiger charge is -2.23. The van der Waals surface area contributed by atoms with Gasteiger partial charge in [-0.2, -0.15) is 0 Å². The van der Waals surface area contributed by atoms with Crippen LogP contribution in [0.2, 0.25) is 0 Å². The molecule has 7 nitrogen and oxygen atoms in total. The van der Waals surface area contributed by atoms with Gasteiger partial charge in [0.05, 0.1) is 0 Å². The van der Waals surface area contributed by atoms with Gasteiger partial charge in [-0.3, -0.25) is 4.79 Å². The fraction of sp³-hybridized carbons (Fsp3) is 0.579. The van der Waals surface area contributed by atoms with Gasteiger partial charge in [0.1, 0.15) is 17.9 Å². The molecule has 2 atom stereocenters. The van der Waals surface area contributed by atoms with Gasteiger partial charge < -0.3 is 14.3 Å². The molecule has 5 rings (SSSR count). The predicted octanol–water partition coefficient (Wildman–Crippen LogP) is 2.17. The zero-order valence-electron chi connectivity index (χ0n) is 15.2. The highest BCUT2D eigenvalue weighted by Gasteiger charge is 2.43. The fourth-order valence-corrected chi connectivity index (χ4v) is 4.29. The van der Waals surface area contributed by atoms with Crippen molar-refractivity contribution in [3.05, 3.63) is 35.1 Å². The summed E-state index contributed by atoms with van der Waals surface area (Å²) in [5, 5.41) is 4.01. The molecule has 7 heteroatoms. The Morgan fingerprint density at radius 1 is 1.12 bits per heavy atom. The van der Waals surface area contributed by atoms with Gasteiger partial charge in [0.2, 0.25) is 0 Å². The molecule has 0 aromatic carbocycles. The van der Waals surface area contributed by atoms with Crippen LogP contribution in [0.25, 0.3) is 0 Å². The Balaban J connectivity index is 1.26. The van der Waals surface area contributed by atoms with E-state index in [1.807, 2.05) is 17.9 Å².